The fourth-order valence-corrected chi connectivity index (χ4v) is 9.91. The van der Waals surface area contributed by atoms with Gasteiger partial charge in [-0.3, -0.25) is 9.59 Å². The first-order valence-electron chi connectivity index (χ1n) is 16.8. The molecule has 9 heteroatoms. The monoisotopic (exact) mass is 646 g/mol. The molecule has 0 unspecified atom stereocenters. The third-order valence-electron chi connectivity index (χ3n) is 12.1. The number of ether oxygens (including phenoxy) is 3. The number of carboxylic acids is 1. The molecule has 0 aromatic heterocycles. The standard InChI is InChI=1S/C38H46O9/c1-18(2)9-10-21-30-26(22-17-36(8,44)13-12-23(22)34(4,5)45-30)29(40)27-28(39)24-15-20-16-25-35(6,7)47-37(32(20)41,14-11-19(3)33(42)43)38(24,25)46-31(21)27/h9,11,15,20,22-23,25,40,44H,10,12-14,16-17H2,1-8H3,(H,42,43)/b19-11-/t20-,22-,23-,25+,36-,37+,38-/m1/s1. The minimum atomic E-state index is -1.65. The summed E-state index contributed by atoms with van der Waals surface area (Å²) in [5, 5.41) is 33.1. The van der Waals surface area contributed by atoms with Crippen LogP contribution in [0.4, 0.5) is 0 Å². The van der Waals surface area contributed by atoms with Gasteiger partial charge in [-0.05, 0) is 87.5 Å². The van der Waals surface area contributed by atoms with Crippen LogP contribution < -0.4 is 9.47 Å². The zero-order valence-corrected chi connectivity index (χ0v) is 28.6. The molecule has 252 valence electrons. The van der Waals surface area contributed by atoms with Crippen LogP contribution in [0.2, 0.25) is 0 Å². The number of Topliss-reactive ketones (excluding diaryl/α,β-unsaturated/α-hetero) is 2. The SMILES string of the molecule is CC(C)=CCc1c2c(c(O)c3c1OC(C)(C)[C@@H]1CC[C@@](C)(O)C[C@@H]31)C(=O)C1=C[C@@H]3C[C@H]4C(C)(C)O[C@@](C/C=C(/C)C(=O)O)(C3=O)[C@@]14O2. The number of ketones is 2. The molecule has 7 aliphatic rings. The van der Waals surface area contributed by atoms with E-state index in [2.05, 4.69) is 0 Å². The van der Waals surface area contributed by atoms with Crippen LogP contribution in [0.15, 0.2) is 34.9 Å². The van der Waals surface area contributed by atoms with E-state index in [0.717, 1.165) is 5.57 Å². The van der Waals surface area contributed by atoms with Crippen LogP contribution >= 0.6 is 0 Å². The molecule has 8 rings (SSSR count). The summed E-state index contributed by atoms with van der Waals surface area (Å²) >= 11 is 0. The number of aromatic hydroxyl groups is 1. The first-order valence-corrected chi connectivity index (χ1v) is 16.8. The Morgan fingerprint density at radius 1 is 1.02 bits per heavy atom. The number of aliphatic hydroxyl groups is 1. The van der Waals surface area contributed by atoms with Crippen molar-refractivity contribution in [2.45, 2.75) is 128 Å². The smallest absolute Gasteiger partial charge is 0.330 e. The summed E-state index contributed by atoms with van der Waals surface area (Å²) in [6, 6.07) is 0. The van der Waals surface area contributed by atoms with Gasteiger partial charge in [0.1, 0.15) is 28.4 Å². The molecule has 9 nitrogen and oxygen atoms in total. The second-order valence-corrected chi connectivity index (χ2v) is 16.4. The molecule has 3 aliphatic heterocycles. The normalized spacial score (nSPS) is 37.0. The lowest BCUT2D eigenvalue weighted by molar-refractivity contribution is -0.171. The summed E-state index contributed by atoms with van der Waals surface area (Å²) in [4.78, 5) is 41.2. The fraction of sp³-hybridized carbons (Fsp3) is 0.605. The Kier molecular flexibility index (Phi) is 6.71. The summed E-state index contributed by atoms with van der Waals surface area (Å²) < 4.78 is 20.8. The molecule has 2 saturated carbocycles. The average Bonchev–Trinajstić information content (AvgIpc) is 3.11. The van der Waals surface area contributed by atoms with Gasteiger partial charge in [0.05, 0.1) is 11.2 Å². The second-order valence-electron chi connectivity index (χ2n) is 16.4. The predicted octanol–water partition coefficient (Wildman–Crippen LogP) is 6.13. The van der Waals surface area contributed by atoms with Crippen molar-refractivity contribution in [1.29, 1.82) is 0 Å². The fourth-order valence-electron chi connectivity index (χ4n) is 9.91. The number of carbonyl (C=O) groups excluding carboxylic acids is 2. The lowest BCUT2D eigenvalue weighted by Gasteiger charge is -2.57. The average molecular weight is 647 g/mol. The minimum absolute atomic E-state index is 0.00142. The van der Waals surface area contributed by atoms with Gasteiger partial charge in [-0.15, -0.1) is 0 Å². The number of carbonyl (C=O) groups is 3. The molecule has 1 spiro atoms. The maximum Gasteiger partial charge on any atom is 0.330 e. The van der Waals surface area contributed by atoms with E-state index < -0.39 is 51.6 Å². The molecule has 1 aromatic carbocycles. The number of aliphatic carboxylic acids is 1. The van der Waals surface area contributed by atoms with E-state index in [4.69, 9.17) is 14.2 Å². The van der Waals surface area contributed by atoms with Gasteiger partial charge in [0.2, 0.25) is 0 Å². The van der Waals surface area contributed by atoms with E-state index in [1.54, 1.807) is 6.08 Å². The third-order valence-corrected chi connectivity index (χ3v) is 12.1. The van der Waals surface area contributed by atoms with Crippen LogP contribution in [0.1, 0.15) is 115 Å². The number of carboxylic acid groups (broad SMARTS) is 1. The summed E-state index contributed by atoms with van der Waals surface area (Å²) in [7, 11) is 0. The summed E-state index contributed by atoms with van der Waals surface area (Å²) in [6.45, 7) is 15.1. The molecule has 0 radical (unpaired) electrons. The molecule has 1 saturated heterocycles. The Balaban J connectivity index is 1.52. The Morgan fingerprint density at radius 2 is 1.72 bits per heavy atom. The molecule has 47 heavy (non-hydrogen) atoms. The van der Waals surface area contributed by atoms with Gasteiger partial charge in [0, 0.05) is 52.4 Å². The molecule has 3 fully saturated rings. The van der Waals surface area contributed by atoms with Crippen molar-refractivity contribution >= 4 is 17.5 Å². The first-order chi connectivity index (χ1) is 21.8. The second kappa shape index (κ2) is 9.82. The van der Waals surface area contributed by atoms with Crippen LogP contribution in [-0.4, -0.2) is 60.9 Å². The van der Waals surface area contributed by atoms with Crippen molar-refractivity contribution in [2.24, 2.45) is 17.8 Å². The number of rotatable bonds is 5. The van der Waals surface area contributed by atoms with Crippen LogP contribution in [0, 0.1) is 17.8 Å². The van der Waals surface area contributed by atoms with Gasteiger partial charge >= 0.3 is 5.97 Å². The quantitative estimate of drug-likeness (QED) is 0.254. The molecule has 1 aromatic rings. The van der Waals surface area contributed by atoms with Crippen molar-refractivity contribution in [3.63, 3.8) is 0 Å². The molecule has 4 aliphatic carbocycles. The lowest BCUT2D eigenvalue weighted by Crippen LogP contribution is -2.72. The van der Waals surface area contributed by atoms with Gasteiger partial charge in [-0.2, -0.15) is 0 Å². The number of hydrogen-bond donors (Lipinski definition) is 3. The van der Waals surface area contributed by atoms with E-state index >= 15 is 0 Å². The van der Waals surface area contributed by atoms with Crippen molar-refractivity contribution in [2.75, 3.05) is 0 Å². The van der Waals surface area contributed by atoms with E-state index in [1.165, 1.54) is 13.0 Å². The largest absolute Gasteiger partial charge is 0.507 e. The summed E-state index contributed by atoms with van der Waals surface area (Å²) in [5.74, 6) is -2.59. The molecule has 7 atom stereocenters. The summed E-state index contributed by atoms with van der Waals surface area (Å²) in [6.07, 6.45) is 7.61. The van der Waals surface area contributed by atoms with Gasteiger partial charge in [0.25, 0.3) is 0 Å². The Hall–Kier alpha value is -3.43. The van der Waals surface area contributed by atoms with Crippen LogP contribution in [0.5, 0.6) is 17.2 Å². The molecular weight excluding hydrogens is 600 g/mol. The highest BCUT2D eigenvalue weighted by Gasteiger charge is 2.81. The zero-order chi connectivity index (χ0) is 34.2. The maximum absolute atomic E-state index is 15.0. The van der Waals surface area contributed by atoms with Gasteiger partial charge < -0.3 is 29.5 Å². The number of hydrogen-bond acceptors (Lipinski definition) is 8. The molecule has 4 bridgehead atoms. The number of phenols is 1. The van der Waals surface area contributed by atoms with Crippen molar-refractivity contribution in [3.8, 4) is 17.2 Å². The van der Waals surface area contributed by atoms with E-state index in [0.29, 0.717) is 49.0 Å². The summed E-state index contributed by atoms with van der Waals surface area (Å²) in [5.41, 5.74) is -3.08. The molecule has 0 amide bonds. The molecule has 3 heterocycles. The first kappa shape index (κ1) is 32.1. The highest BCUT2D eigenvalue weighted by molar-refractivity contribution is 6.18. The van der Waals surface area contributed by atoms with Crippen LogP contribution in [-0.2, 0) is 20.7 Å². The molecular formula is C38H46O9. The Morgan fingerprint density at radius 3 is 2.38 bits per heavy atom. The minimum Gasteiger partial charge on any atom is -0.507 e. The van der Waals surface area contributed by atoms with Crippen LogP contribution in [0.3, 0.4) is 0 Å². The van der Waals surface area contributed by atoms with Gasteiger partial charge in [-0.1, -0.05) is 23.8 Å². The lowest BCUT2D eigenvalue weighted by atomic mass is 9.51. The number of allylic oxidation sites excluding steroid dienone is 3. The topological polar surface area (TPSA) is 140 Å². The Labute approximate surface area is 275 Å². The number of fused-ring (bicyclic) bond motifs is 4. The number of phenolic OH excluding ortho intramolecular Hbond substituents is 1. The maximum atomic E-state index is 15.0. The van der Waals surface area contributed by atoms with Crippen molar-refractivity contribution in [1.82, 2.24) is 0 Å². The van der Waals surface area contributed by atoms with E-state index in [1.807, 2.05) is 54.5 Å². The van der Waals surface area contributed by atoms with Crippen molar-refractivity contribution < 1.29 is 43.9 Å². The van der Waals surface area contributed by atoms with Gasteiger partial charge in [0.15, 0.2) is 22.8 Å². The predicted molar refractivity (Wildman–Crippen MR) is 173 cm³/mol. The number of benzene rings is 1. The van der Waals surface area contributed by atoms with Crippen LogP contribution in [0.25, 0.3) is 0 Å². The van der Waals surface area contributed by atoms with Gasteiger partial charge in [-0.25, -0.2) is 4.79 Å². The molecule has 3 N–H and O–H groups in total. The van der Waals surface area contributed by atoms with E-state index in [-0.39, 0.29) is 52.2 Å². The highest BCUT2D eigenvalue weighted by atomic mass is 16.6. The highest BCUT2D eigenvalue weighted by Crippen LogP contribution is 2.69. The third kappa shape index (κ3) is 4.17. The zero-order valence-electron chi connectivity index (χ0n) is 28.6. The Bertz CT molecular complexity index is 1730. The van der Waals surface area contributed by atoms with Crippen molar-refractivity contribution in [3.05, 3.63) is 51.6 Å². The van der Waals surface area contributed by atoms with E-state index in [9.17, 15) is 29.7 Å².